The SMILES string of the molecule is CCOc1ccc(C(C)=NNC(=O)CCn2c3c(c4ccccc42)CCCC3)cc1. The predicted octanol–water partition coefficient (Wildman–Crippen LogP) is 4.85. The first-order valence-electron chi connectivity index (χ1n) is 10.8. The number of nitrogens with zero attached hydrogens (tertiary/aromatic N) is 2. The van der Waals surface area contributed by atoms with Crippen molar-refractivity contribution in [3.05, 3.63) is 65.4 Å². The van der Waals surface area contributed by atoms with Gasteiger partial charge in [-0.15, -0.1) is 0 Å². The fourth-order valence-corrected chi connectivity index (χ4v) is 4.28. The van der Waals surface area contributed by atoms with Crippen LogP contribution in [0.1, 0.15) is 49.9 Å². The zero-order valence-electron chi connectivity index (χ0n) is 17.8. The number of aromatic nitrogens is 1. The first kappa shape index (κ1) is 20.2. The van der Waals surface area contributed by atoms with E-state index in [0.29, 0.717) is 19.6 Å². The summed E-state index contributed by atoms with van der Waals surface area (Å²) in [6.45, 7) is 5.18. The standard InChI is InChI=1S/C25H29N3O2/c1-3-30-20-14-12-19(13-15-20)18(2)26-27-25(29)16-17-28-23-10-6-4-8-21(23)22-9-5-7-11-24(22)28/h4,6,8,10,12-15H,3,5,7,9,11,16-17H2,1-2H3,(H,27,29). The number of rotatable bonds is 7. The second-order valence-corrected chi connectivity index (χ2v) is 7.74. The van der Waals surface area contributed by atoms with Crippen LogP contribution in [0.15, 0.2) is 53.6 Å². The number of para-hydroxylation sites is 1. The minimum absolute atomic E-state index is 0.0670. The quantitative estimate of drug-likeness (QED) is 0.453. The topological polar surface area (TPSA) is 55.6 Å². The zero-order valence-corrected chi connectivity index (χ0v) is 17.8. The van der Waals surface area contributed by atoms with Gasteiger partial charge in [0.1, 0.15) is 5.75 Å². The van der Waals surface area contributed by atoms with E-state index in [0.717, 1.165) is 29.9 Å². The Balaban J connectivity index is 1.41. The zero-order chi connectivity index (χ0) is 20.9. The Morgan fingerprint density at radius 2 is 1.87 bits per heavy atom. The third-order valence-electron chi connectivity index (χ3n) is 5.78. The van der Waals surface area contributed by atoms with E-state index in [-0.39, 0.29) is 5.91 Å². The largest absolute Gasteiger partial charge is 0.494 e. The Morgan fingerprint density at radius 3 is 2.67 bits per heavy atom. The van der Waals surface area contributed by atoms with E-state index in [2.05, 4.69) is 39.4 Å². The number of aryl methyl sites for hydroxylation is 2. The minimum Gasteiger partial charge on any atom is -0.494 e. The normalized spacial score (nSPS) is 13.9. The summed E-state index contributed by atoms with van der Waals surface area (Å²) in [6, 6.07) is 16.3. The number of amides is 1. The fraction of sp³-hybridized carbons (Fsp3) is 0.360. The molecule has 5 nitrogen and oxygen atoms in total. The van der Waals surface area contributed by atoms with E-state index >= 15 is 0 Å². The van der Waals surface area contributed by atoms with Crippen molar-refractivity contribution in [2.24, 2.45) is 5.10 Å². The van der Waals surface area contributed by atoms with E-state index in [1.165, 1.54) is 35.0 Å². The van der Waals surface area contributed by atoms with Crippen molar-refractivity contribution in [2.45, 2.75) is 52.5 Å². The molecule has 1 heterocycles. The van der Waals surface area contributed by atoms with Gasteiger partial charge in [-0.2, -0.15) is 5.10 Å². The molecule has 2 aromatic carbocycles. The molecule has 1 N–H and O–H groups in total. The number of benzene rings is 2. The minimum atomic E-state index is -0.0670. The van der Waals surface area contributed by atoms with Crippen molar-refractivity contribution >= 4 is 22.5 Å². The van der Waals surface area contributed by atoms with Crippen LogP contribution in [0.4, 0.5) is 0 Å². The second kappa shape index (κ2) is 9.16. The average molecular weight is 404 g/mol. The molecule has 4 rings (SSSR count). The molecule has 156 valence electrons. The average Bonchev–Trinajstić information content (AvgIpc) is 3.10. The van der Waals surface area contributed by atoms with Crippen molar-refractivity contribution in [3.8, 4) is 5.75 Å². The molecule has 1 aromatic heterocycles. The Kier molecular flexibility index (Phi) is 6.17. The molecule has 0 spiro atoms. The molecule has 0 radical (unpaired) electrons. The Morgan fingerprint density at radius 1 is 1.10 bits per heavy atom. The molecule has 1 amide bonds. The van der Waals surface area contributed by atoms with Gasteiger partial charge in [-0.3, -0.25) is 4.79 Å². The maximum Gasteiger partial charge on any atom is 0.241 e. The number of hydrogen-bond acceptors (Lipinski definition) is 3. The van der Waals surface area contributed by atoms with E-state index in [9.17, 15) is 4.79 Å². The van der Waals surface area contributed by atoms with Crippen LogP contribution < -0.4 is 10.2 Å². The number of ether oxygens (including phenoxy) is 1. The van der Waals surface area contributed by atoms with Gasteiger partial charge in [0, 0.05) is 29.6 Å². The van der Waals surface area contributed by atoms with Crippen molar-refractivity contribution < 1.29 is 9.53 Å². The summed E-state index contributed by atoms with van der Waals surface area (Å²) < 4.78 is 7.80. The Labute approximate surface area is 177 Å². The molecule has 30 heavy (non-hydrogen) atoms. The number of carbonyl (C=O) groups is 1. The molecule has 0 aliphatic heterocycles. The van der Waals surface area contributed by atoms with Gasteiger partial charge in [-0.05, 0) is 81.0 Å². The number of nitrogens with one attached hydrogen (secondary N) is 1. The van der Waals surface area contributed by atoms with E-state index in [4.69, 9.17) is 4.74 Å². The molecule has 5 heteroatoms. The van der Waals surface area contributed by atoms with Crippen LogP contribution in [0.25, 0.3) is 10.9 Å². The van der Waals surface area contributed by atoms with Crippen molar-refractivity contribution in [2.75, 3.05) is 6.61 Å². The van der Waals surface area contributed by atoms with Crippen LogP contribution >= 0.6 is 0 Å². The first-order chi connectivity index (χ1) is 14.7. The fourth-order valence-electron chi connectivity index (χ4n) is 4.28. The summed E-state index contributed by atoms with van der Waals surface area (Å²) in [5, 5.41) is 5.63. The highest BCUT2D eigenvalue weighted by molar-refractivity contribution is 5.99. The molecule has 0 unspecified atom stereocenters. The summed E-state index contributed by atoms with van der Waals surface area (Å²) in [5.41, 5.74) is 8.57. The molecule has 0 atom stereocenters. The summed E-state index contributed by atoms with van der Waals surface area (Å²) in [7, 11) is 0. The first-order valence-corrected chi connectivity index (χ1v) is 10.8. The summed E-state index contributed by atoms with van der Waals surface area (Å²) in [4.78, 5) is 12.5. The maximum absolute atomic E-state index is 12.5. The lowest BCUT2D eigenvalue weighted by Crippen LogP contribution is -2.21. The highest BCUT2D eigenvalue weighted by Crippen LogP contribution is 2.32. The lowest BCUT2D eigenvalue weighted by molar-refractivity contribution is -0.121. The molecule has 0 bridgehead atoms. The molecule has 0 fully saturated rings. The van der Waals surface area contributed by atoms with Crippen LogP contribution in [0.5, 0.6) is 5.75 Å². The van der Waals surface area contributed by atoms with E-state index in [1.54, 1.807) is 0 Å². The van der Waals surface area contributed by atoms with Crippen LogP contribution in [-0.2, 0) is 24.2 Å². The number of hydrogen-bond donors (Lipinski definition) is 1. The molecule has 0 saturated heterocycles. The van der Waals surface area contributed by atoms with E-state index < -0.39 is 0 Å². The predicted molar refractivity (Wildman–Crippen MR) is 121 cm³/mol. The summed E-state index contributed by atoms with van der Waals surface area (Å²) >= 11 is 0. The smallest absolute Gasteiger partial charge is 0.241 e. The molecule has 1 aliphatic carbocycles. The molecular formula is C25H29N3O2. The lowest BCUT2D eigenvalue weighted by Gasteiger charge is -2.15. The Hall–Kier alpha value is -3.08. The highest BCUT2D eigenvalue weighted by atomic mass is 16.5. The van der Waals surface area contributed by atoms with Crippen LogP contribution in [0.2, 0.25) is 0 Å². The third kappa shape index (κ3) is 4.25. The van der Waals surface area contributed by atoms with Gasteiger partial charge in [-0.1, -0.05) is 18.2 Å². The van der Waals surface area contributed by atoms with Crippen LogP contribution in [-0.4, -0.2) is 22.8 Å². The highest BCUT2D eigenvalue weighted by Gasteiger charge is 2.19. The van der Waals surface area contributed by atoms with Gasteiger partial charge >= 0.3 is 0 Å². The van der Waals surface area contributed by atoms with Gasteiger partial charge in [0.15, 0.2) is 0 Å². The maximum atomic E-state index is 12.5. The molecular weight excluding hydrogens is 374 g/mol. The number of hydrazone groups is 1. The molecule has 0 saturated carbocycles. The number of fused-ring (bicyclic) bond motifs is 3. The van der Waals surface area contributed by atoms with Gasteiger partial charge in [0.25, 0.3) is 0 Å². The van der Waals surface area contributed by atoms with Crippen LogP contribution in [0, 0.1) is 0 Å². The van der Waals surface area contributed by atoms with Gasteiger partial charge in [0.2, 0.25) is 5.91 Å². The van der Waals surface area contributed by atoms with E-state index in [1.807, 2.05) is 38.1 Å². The van der Waals surface area contributed by atoms with Crippen molar-refractivity contribution in [1.82, 2.24) is 9.99 Å². The van der Waals surface area contributed by atoms with Gasteiger partial charge in [0.05, 0.1) is 12.3 Å². The second-order valence-electron chi connectivity index (χ2n) is 7.74. The monoisotopic (exact) mass is 403 g/mol. The molecule has 1 aliphatic rings. The van der Waals surface area contributed by atoms with Crippen LogP contribution in [0.3, 0.4) is 0 Å². The third-order valence-corrected chi connectivity index (χ3v) is 5.78. The van der Waals surface area contributed by atoms with Crippen molar-refractivity contribution in [1.29, 1.82) is 0 Å². The number of carbonyl (C=O) groups excluding carboxylic acids is 1. The van der Waals surface area contributed by atoms with Gasteiger partial charge < -0.3 is 9.30 Å². The summed E-state index contributed by atoms with van der Waals surface area (Å²) in [6.07, 6.45) is 5.12. The molecule has 3 aromatic rings. The lowest BCUT2D eigenvalue weighted by atomic mass is 9.95. The Bertz CT molecular complexity index is 1060. The van der Waals surface area contributed by atoms with Crippen molar-refractivity contribution in [3.63, 3.8) is 0 Å². The van der Waals surface area contributed by atoms with Gasteiger partial charge in [-0.25, -0.2) is 5.43 Å². The summed E-state index contributed by atoms with van der Waals surface area (Å²) in [5.74, 6) is 0.767.